The van der Waals surface area contributed by atoms with Crippen LogP contribution in [0.2, 0.25) is 0 Å². The number of nitrogens with two attached hydrogens (primary N) is 1. The lowest BCUT2D eigenvalue weighted by molar-refractivity contribution is -0.138. The monoisotopic (exact) mass is 257 g/mol. The highest BCUT2D eigenvalue weighted by molar-refractivity contribution is 6.17. The van der Waals surface area contributed by atoms with Gasteiger partial charge in [-0.2, -0.15) is 0 Å². The maximum atomic E-state index is 10.1. The Morgan fingerprint density at radius 2 is 1.88 bits per heavy atom. The number of hydrogen-bond acceptors (Lipinski definition) is 2. The molecule has 0 aliphatic carbocycles. The van der Waals surface area contributed by atoms with Crippen molar-refractivity contribution in [2.24, 2.45) is 11.7 Å². The van der Waals surface area contributed by atoms with Crippen molar-refractivity contribution in [1.82, 2.24) is 0 Å². The van der Waals surface area contributed by atoms with Crippen LogP contribution in [-0.4, -0.2) is 17.1 Å². The molecule has 1 aromatic rings. The molecule has 0 bridgehead atoms. The number of aliphatic carboxylic acids is 1. The van der Waals surface area contributed by atoms with E-state index in [1.54, 1.807) is 0 Å². The van der Waals surface area contributed by atoms with Crippen LogP contribution in [0.4, 0.5) is 0 Å². The van der Waals surface area contributed by atoms with Crippen molar-refractivity contribution in [3.05, 3.63) is 35.9 Å². The van der Waals surface area contributed by atoms with E-state index in [9.17, 15) is 4.79 Å². The van der Waals surface area contributed by atoms with Crippen molar-refractivity contribution in [2.45, 2.75) is 32.2 Å². The van der Waals surface area contributed by atoms with Gasteiger partial charge in [0.25, 0.3) is 0 Å². The van der Waals surface area contributed by atoms with Crippen LogP contribution in [0, 0.1) is 5.92 Å². The van der Waals surface area contributed by atoms with Gasteiger partial charge in [0.2, 0.25) is 0 Å². The van der Waals surface area contributed by atoms with E-state index < -0.39 is 12.0 Å². The summed E-state index contributed by atoms with van der Waals surface area (Å²) in [7, 11) is 0. The highest BCUT2D eigenvalue weighted by Gasteiger charge is 2.11. The summed E-state index contributed by atoms with van der Waals surface area (Å²) in [5.41, 5.74) is 6.39. The number of rotatable bonds is 4. The molecule has 0 spiro atoms. The van der Waals surface area contributed by atoms with Crippen molar-refractivity contribution >= 4 is 17.6 Å². The molecule has 1 unspecified atom stereocenters. The molecule has 0 saturated heterocycles. The minimum atomic E-state index is -0.913. The molecule has 3 N–H and O–H groups in total. The number of alkyl halides is 1. The highest BCUT2D eigenvalue weighted by atomic mass is 35.5. The quantitative estimate of drug-likeness (QED) is 0.816. The van der Waals surface area contributed by atoms with Gasteiger partial charge < -0.3 is 10.8 Å². The number of carbonyl (C=O) groups is 1. The second-order valence-corrected chi connectivity index (χ2v) is 4.46. The third-order valence-corrected chi connectivity index (χ3v) is 2.35. The van der Waals surface area contributed by atoms with E-state index in [4.69, 9.17) is 22.4 Å². The maximum absolute atomic E-state index is 10.1. The summed E-state index contributed by atoms with van der Waals surface area (Å²) in [6, 6.07) is 9.27. The molecule has 96 valence electrons. The Balaban J connectivity index is 0.000000302. The molecular formula is C13H20ClNO2. The first kappa shape index (κ1) is 15.9. The van der Waals surface area contributed by atoms with Crippen molar-refractivity contribution in [1.29, 1.82) is 0 Å². The first-order chi connectivity index (χ1) is 7.97. The Labute approximate surface area is 108 Å². The lowest BCUT2D eigenvalue weighted by atomic mass is 10.1. The molecular weight excluding hydrogens is 238 g/mol. The number of carboxylic acid groups (broad SMARTS) is 1. The van der Waals surface area contributed by atoms with Gasteiger partial charge in [-0.05, 0) is 17.9 Å². The van der Waals surface area contributed by atoms with E-state index in [0.717, 1.165) is 0 Å². The van der Waals surface area contributed by atoms with Crippen LogP contribution in [0.5, 0.6) is 0 Å². The summed E-state index contributed by atoms with van der Waals surface area (Å²) >= 11 is 5.53. The SMILES string of the molecule is CC(C)CC(N)C(=O)O.ClCc1ccccc1. The molecule has 4 heteroatoms. The zero-order chi connectivity index (χ0) is 13.3. The standard InChI is InChI=1S/C7H7Cl.C6H13NO2/c8-6-7-4-2-1-3-5-7;1-4(2)3-5(7)6(8)9/h1-5H,6H2;4-5H,3,7H2,1-2H3,(H,8,9). The summed E-state index contributed by atoms with van der Waals surface area (Å²) in [6.07, 6.45) is 0.551. The molecule has 0 aliphatic rings. The molecule has 0 amide bonds. The van der Waals surface area contributed by atoms with Crippen LogP contribution in [0.1, 0.15) is 25.8 Å². The fraction of sp³-hybridized carbons (Fsp3) is 0.462. The molecule has 0 heterocycles. The number of hydrogen-bond donors (Lipinski definition) is 2. The Bertz CT molecular complexity index is 314. The molecule has 0 saturated carbocycles. The Kier molecular flexibility index (Phi) is 8.46. The highest BCUT2D eigenvalue weighted by Crippen LogP contribution is 2.01. The van der Waals surface area contributed by atoms with Gasteiger partial charge in [-0.25, -0.2) is 0 Å². The normalized spacial score (nSPS) is 11.6. The Morgan fingerprint density at radius 3 is 2.12 bits per heavy atom. The van der Waals surface area contributed by atoms with Crippen molar-refractivity contribution in [2.75, 3.05) is 0 Å². The van der Waals surface area contributed by atoms with Crippen LogP contribution in [-0.2, 0) is 10.7 Å². The maximum Gasteiger partial charge on any atom is 0.320 e. The van der Waals surface area contributed by atoms with Gasteiger partial charge in [-0.1, -0.05) is 44.2 Å². The zero-order valence-electron chi connectivity index (χ0n) is 10.3. The van der Waals surface area contributed by atoms with Crippen molar-refractivity contribution in [3.63, 3.8) is 0 Å². The Hall–Kier alpha value is -1.06. The summed E-state index contributed by atoms with van der Waals surface area (Å²) in [5, 5.41) is 8.31. The minimum Gasteiger partial charge on any atom is -0.480 e. The fourth-order valence-corrected chi connectivity index (χ4v) is 1.35. The molecule has 0 aromatic heterocycles. The third-order valence-electron chi connectivity index (χ3n) is 2.04. The van der Waals surface area contributed by atoms with Crippen LogP contribution < -0.4 is 5.73 Å². The van der Waals surface area contributed by atoms with Gasteiger partial charge in [0.15, 0.2) is 0 Å². The third kappa shape index (κ3) is 8.72. The van der Waals surface area contributed by atoms with Crippen LogP contribution in [0.15, 0.2) is 30.3 Å². The first-order valence-corrected chi connectivity index (χ1v) is 6.09. The lowest BCUT2D eigenvalue weighted by Gasteiger charge is -2.07. The summed E-state index contributed by atoms with van der Waals surface area (Å²) in [5.74, 6) is 0.0562. The van der Waals surface area contributed by atoms with Crippen LogP contribution in [0.3, 0.4) is 0 Å². The number of benzene rings is 1. The molecule has 0 radical (unpaired) electrons. The van der Waals surface area contributed by atoms with E-state index >= 15 is 0 Å². The zero-order valence-corrected chi connectivity index (χ0v) is 11.0. The number of halogens is 1. The van der Waals surface area contributed by atoms with Gasteiger partial charge in [0.1, 0.15) is 6.04 Å². The smallest absolute Gasteiger partial charge is 0.320 e. The lowest BCUT2D eigenvalue weighted by Crippen LogP contribution is -2.31. The second-order valence-electron chi connectivity index (χ2n) is 4.19. The molecule has 0 fully saturated rings. The first-order valence-electron chi connectivity index (χ1n) is 5.55. The minimum absolute atomic E-state index is 0.357. The summed E-state index contributed by atoms with van der Waals surface area (Å²) < 4.78 is 0. The molecule has 1 aromatic carbocycles. The van der Waals surface area contributed by atoms with Gasteiger partial charge in [0, 0.05) is 5.88 Å². The molecule has 1 atom stereocenters. The molecule has 1 rings (SSSR count). The van der Waals surface area contributed by atoms with Crippen molar-refractivity contribution < 1.29 is 9.90 Å². The molecule has 17 heavy (non-hydrogen) atoms. The van der Waals surface area contributed by atoms with Gasteiger partial charge in [-0.3, -0.25) is 4.79 Å². The van der Waals surface area contributed by atoms with E-state index in [-0.39, 0.29) is 0 Å². The van der Waals surface area contributed by atoms with E-state index in [1.165, 1.54) is 5.56 Å². The summed E-state index contributed by atoms with van der Waals surface area (Å²) in [6.45, 7) is 3.89. The Morgan fingerprint density at radius 1 is 1.35 bits per heavy atom. The van der Waals surface area contributed by atoms with Crippen LogP contribution in [0.25, 0.3) is 0 Å². The second kappa shape index (κ2) is 9.02. The average molecular weight is 258 g/mol. The van der Waals surface area contributed by atoms with Gasteiger partial charge in [-0.15, -0.1) is 11.6 Å². The van der Waals surface area contributed by atoms with Crippen LogP contribution >= 0.6 is 11.6 Å². The topological polar surface area (TPSA) is 63.3 Å². The largest absolute Gasteiger partial charge is 0.480 e. The van der Waals surface area contributed by atoms with E-state index in [2.05, 4.69) is 0 Å². The van der Waals surface area contributed by atoms with E-state index in [1.807, 2.05) is 44.2 Å². The fourth-order valence-electron chi connectivity index (χ4n) is 1.18. The van der Waals surface area contributed by atoms with Crippen molar-refractivity contribution in [3.8, 4) is 0 Å². The average Bonchev–Trinajstić information content (AvgIpc) is 2.30. The van der Waals surface area contributed by atoms with Gasteiger partial charge >= 0.3 is 5.97 Å². The molecule has 0 aliphatic heterocycles. The summed E-state index contributed by atoms with van der Waals surface area (Å²) in [4.78, 5) is 10.1. The molecule has 3 nitrogen and oxygen atoms in total. The number of carboxylic acids is 1. The van der Waals surface area contributed by atoms with Gasteiger partial charge in [0.05, 0.1) is 0 Å². The predicted molar refractivity (Wildman–Crippen MR) is 71.1 cm³/mol. The predicted octanol–water partition coefficient (Wildman–Crippen LogP) is 2.87. The van der Waals surface area contributed by atoms with E-state index in [0.29, 0.717) is 18.2 Å².